The zero-order valence-corrected chi connectivity index (χ0v) is 16.1. The molecule has 0 aromatic heterocycles. The van der Waals surface area contributed by atoms with Crippen molar-refractivity contribution < 1.29 is 10.2 Å². The maximum Gasteiger partial charge on any atom is 0.123 e. The number of para-hydroxylation sites is 2. The van der Waals surface area contributed by atoms with E-state index in [0.29, 0.717) is 0 Å². The summed E-state index contributed by atoms with van der Waals surface area (Å²) < 4.78 is 0. The van der Waals surface area contributed by atoms with Crippen molar-refractivity contribution in [3.8, 4) is 33.8 Å². The summed E-state index contributed by atoms with van der Waals surface area (Å²) >= 11 is 0. The average Bonchev–Trinajstić information content (AvgIpc) is 2.77. The van der Waals surface area contributed by atoms with E-state index in [9.17, 15) is 10.2 Å². The van der Waals surface area contributed by atoms with E-state index >= 15 is 0 Å². The van der Waals surface area contributed by atoms with Crippen LogP contribution in [0.25, 0.3) is 54.6 Å². The van der Waals surface area contributed by atoms with Gasteiger partial charge >= 0.3 is 0 Å². The summed E-state index contributed by atoms with van der Waals surface area (Å²) in [6.07, 6.45) is 0. The van der Waals surface area contributed by atoms with Crippen molar-refractivity contribution >= 4 is 32.3 Å². The van der Waals surface area contributed by atoms with Crippen molar-refractivity contribution in [2.24, 2.45) is 0 Å². The second kappa shape index (κ2) is 6.23. The maximum atomic E-state index is 10.3. The van der Waals surface area contributed by atoms with Crippen LogP contribution in [0.4, 0.5) is 0 Å². The monoisotopic (exact) mass is 386 g/mol. The quantitative estimate of drug-likeness (QED) is 0.306. The normalized spacial score (nSPS) is 11.6. The highest BCUT2D eigenvalue weighted by Gasteiger charge is 2.13. The zero-order chi connectivity index (χ0) is 20.2. The van der Waals surface area contributed by atoms with Gasteiger partial charge in [-0.15, -0.1) is 0 Å². The Hall–Kier alpha value is -4.04. The van der Waals surface area contributed by atoms with E-state index in [4.69, 9.17) is 0 Å². The van der Waals surface area contributed by atoms with E-state index in [-0.39, 0.29) is 11.5 Å². The van der Waals surface area contributed by atoms with E-state index in [1.54, 1.807) is 12.1 Å². The fourth-order valence-corrected chi connectivity index (χ4v) is 4.58. The van der Waals surface area contributed by atoms with Crippen molar-refractivity contribution in [1.82, 2.24) is 0 Å². The fraction of sp³-hybridized carbons (Fsp3) is 0. The van der Waals surface area contributed by atoms with Gasteiger partial charge in [-0.25, -0.2) is 0 Å². The van der Waals surface area contributed by atoms with Crippen LogP contribution in [0.2, 0.25) is 0 Å². The van der Waals surface area contributed by atoms with Crippen LogP contribution in [0.3, 0.4) is 0 Å². The Kier molecular flexibility index (Phi) is 3.50. The Morgan fingerprint density at radius 3 is 1.07 bits per heavy atom. The van der Waals surface area contributed by atoms with Gasteiger partial charge in [0.2, 0.25) is 0 Å². The molecule has 0 fully saturated rings. The molecule has 2 heteroatoms. The van der Waals surface area contributed by atoms with Crippen molar-refractivity contribution in [1.29, 1.82) is 0 Å². The van der Waals surface area contributed by atoms with Crippen LogP contribution in [-0.2, 0) is 0 Å². The standard InChI is InChI=1S/C28H18O2/c29-25-7-3-1-5-23(25)21-13-17-9-11-19-15-22(24-6-2-4-8-26(24)30)16-20-12-10-18(14-21)27(17)28(19)20/h1-16,29-30H. The van der Waals surface area contributed by atoms with E-state index < -0.39 is 0 Å². The summed E-state index contributed by atoms with van der Waals surface area (Å²) in [6.45, 7) is 0. The topological polar surface area (TPSA) is 40.5 Å². The minimum atomic E-state index is 0.289. The van der Waals surface area contributed by atoms with Gasteiger partial charge in [0.25, 0.3) is 0 Å². The first-order chi connectivity index (χ1) is 14.7. The molecule has 0 bridgehead atoms. The molecule has 0 atom stereocenters. The number of hydrogen-bond acceptors (Lipinski definition) is 2. The lowest BCUT2D eigenvalue weighted by Crippen LogP contribution is -1.88. The van der Waals surface area contributed by atoms with E-state index in [1.165, 1.54) is 10.8 Å². The van der Waals surface area contributed by atoms with Gasteiger partial charge in [0, 0.05) is 11.1 Å². The summed E-state index contributed by atoms with van der Waals surface area (Å²) in [6, 6.07) is 32.0. The van der Waals surface area contributed by atoms with Gasteiger partial charge in [-0.05, 0) is 79.8 Å². The predicted octanol–water partition coefficient (Wildman–Crippen LogP) is 7.33. The summed E-state index contributed by atoms with van der Waals surface area (Å²) in [4.78, 5) is 0. The lowest BCUT2D eigenvalue weighted by Gasteiger charge is -2.15. The van der Waals surface area contributed by atoms with Crippen molar-refractivity contribution in [3.05, 3.63) is 97.1 Å². The fourth-order valence-electron chi connectivity index (χ4n) is 4.58. The molecule has 0 saturated heterocycles. The molecule has 0 aliphatic heterocycles. The SMILES string of the molecule is Oc1ccccc1-c1cc2ccc3cc(-c4ccccc4O)cc4ccc(c1)c2c34. The molecule has 0 heterocycles. The second-order valence-electron chi connectivity index (χ2n) is 7.76. The van der Waals surface area contributed by atoms with Crippen molar-refractivity contribution in [3.63, 3.8) is 0 Å². The van der Waals surface area contributed by atoms with Crippen molar-refractivity contribution in [2.45, 2.75) is 0 Å². The van der Waals surface area contributed by atoms with Crippen LogP contribution < -0.4 is 0 Å². The molecule has 30 heavy (non-hydrogen) atoms. The van der Waals surface area contributed by atoms with Crippen LogP contribution in [0.15, 0.2) is 97.1 Å². The molecule has 0 aliphatic carbocycles. The highest BCUT2D eigenvalue weighted by Crippen LogP contribution is 2.41. The molecule has 6 aromatic rings. The molecule has 0 aliphatic rings. The molecule has 0 radical (unpaired) electrons. The van der Waals surface area contributed by atoms with E-state index in [2.05, 4.69) is 48.5 Å². The van der Waals surface area contributed by atoms with Gasteiger partial charge in [0.1, 0.15) is 11.5 Å². The molecular formula is C28H18O2. The van der Waals surface area contributed by atoms with Crippen molar-refractivity contribution in [2.75, 3.05) is 0 Å². The molecule has 2 nitrogen and oxygen atoms in total. The summed E-state index contributed by atoms with van der Waals surface area (Å²) in [5, 5.41) is 27.7. The highest BCUT2D eigenvalue weighted by molar-refractivity contribution is 6.24. The maximum absolute atomic E-state index is 10.3. The number of hydrogen-bond donors (Lipinski definition) is 2. The number of aromatic hydroxyl groups is 2. The van der Waals surface area contributed by atoms with Crippen LogP contribution in [0.1, 0.15) is 0 Å². The number of rotatable bonds is 2. The Morgan fingerprint density at radius 2 is 0.733 bits per heavy atom. The Labute approximate surface area is 173 Å². The lowest BCUT2D eigenvalue weighted by atomic mass is 9.89. The highest BCUT2D eigenvalue weighted by atomic mass is 16.3. The Bertz CT molecular complexity index is 1380. The lowest BCUT2D eigenvalue weighted by molar-refractivity contribution is 0.477. The van der Waals surface area contributed by atoms with Gasteiger partial charge in [0.15, 0.2) is 0 Å². The molecule has 6 aromatic carbocycles. The molecule has 6 rings (SSSR count). The Balaban J connectivity index is 1.64. The van der Waals surface area contributed by atoms with Gasteiger partial charge < -0.3 is 10.2 Å². The third-order valence-corrected chi connectivity index (χ3v) is 5.96. The first kappa shape index (κ1) is 16.9. The van der Waals surface area contributed by atoms with Gasteiger partial charge in [0.05, 0.1) is 0 Å². The summed E-state index contributed by atoms with van der Waals surface area (Å²) in [7, 11) is 0. The molecule has 0 unspecified atom stereocenters. The van der Waals surface area contributed by atoms with Crippen LogP contribution in [-0.4, -0.2) is 10.2 Å². The van der Waals surface area contributed by atoms with Crippen LogP contribution in [0, 0.1) is 0 Å². The third kappa shape index (κ3) is 2.44. The molecule has 142 valence electrons. The Morgan fingerprint density at radius 1 is 0.400 bits per heavy atom. The van der Waals surface area contributed by atoms with Crippen LogP contribution >= 0.6 is 0 Å². The zero-order valence-electron chi connectivity index (χ0n) is 16.1. The number of phenolic OH excluding ortho intramolecular Hbond substituents is 2. The number of phenols is 2. The largest absolute Gasteiger partial charge is 0.507 e. The molecule has 2 N–H and O–H groups in total. The van der Waals surface area contributed by atoms with Gasteiger partial charge in [-0.2, -0.15) is 0 Å². The molecular weight excluding hydrogens is 368 g/mol. The van der Waals surface area contributed by atoms with Crippen LogP contribution in [0.5, 0.6) is 11.5 Å². The number of benzene rings is 6. The molecule has 0 saturated carbocycles. The minimum absolute atomic E-state index is 0.289. The predicted molar refractivity (Wildman–Crippen MR) is 124 cm³/mol. The summed E-state index contributed by atoms with van der Waals surface area (Å²) in [5.41, 5.74) is 3.69. The molecule has 0 spiro atoms. The second-order valence-corrected chi connectivity index (χ2v) is 7.76. The smallest absolute Gasteiger partial charge is 0.123 e. The van der Waals surface area contributed by atoms with Gasteiger partial charge in [-0.3, -0.25) is 0 Å². The van der Waals surface area contributed by atoms with E-state index in [0.717, 1.165) is 43.8 Å². The average molecular weight is 386 g/mol. The van der Waals surface area contributed by atoms with Gasteiger partial charge in [-0.1, -0.05) is 60.7 Å². The minimum Gasteiger partial charge on any atom is -0.507 e. The first-order valence-electron chi connectivity index (χ1n) is 9.98. The van der Waals surface area contributed by atoms with E-state index in [1.807, 2.05) is 36.4 Å². The molecule has 0 amide bonds. The first-order valence-corrected chi connectivity index (χ1v) is 9.98. The summed E-state index contributed by atoms with van der Waals surface area (Å²) in [5.74, 6) is 0.579. The third-order valence-electron chi connectivity index (χ3n) is 5.96.